The summed E-state index contributed by atoms with van der Waals surface area (Å²) in [5.41, 5.74) is 5.49. The van der Waals surface area contributed by atoms with Gasteiger partial charge in [0.05, 0.1) is 17.2 Å². The van der Waals surface area contributed by atoms with Gasteiger partial charge in [-0.3, -0.25) is 14.2 Å². The number of halogens is 1. The maximum Gasteiger partial charge on any atom is 0.261 e. The molecule has 0 fully saturated rings. The zero-order chi connectivity index (χ0) is 12.4. The average molecular weight is 296 g/mol. The zero-order valence-electron chi connectivity index (χ0n) is 8.89. The topological polar surface area (TPSA) is 78.0 Å². The quantitative estimate of drug-likeness (QED) is 0.919. The number of hydrogen-bond acceptors (Lipinski definition) is 3. The molecule has 0 bridgehead atoms. The molecule has 0 aliphatic rings. The van der Waals surface area contributed by atoms with Crippen LogP contribution in [0.2, 0.25) is 0 Å². The van der Waals surface area contributed by atoms with Gasteiger partial charge in [-0.15, -0.1) is 0 Å². The van der Waals surface area contributed by atoms with E-state index in [-0.39, 0.29) is 18.5 Å². The van der Waals surface area contributed by atoms with E-state index in [0.717, 1.165) is 4.47 Å². The number of para-hydroxylation sites is 1. The molecule has 17 heavy (non-hydrogen) atoms. The third-order valence-corrected chi connectivity index (χ3v) is 3.04. The molecule has 0 aliphatic carbocycles. The summed E-state index contributed by atoms with van der Waals surface area (Å²) in [5, 5.41) is 0.520. The molecule has 0 atom stereocenters. The van der Waals surface area contributed by atoms with E-state index >= 15 is 0 Å². The van der Waals surface area contributed by atoms with E-state index in [4.69, 9.17) is 5.73 Å². The number of carbonyl (C=O) groups is 1. The van der Waals surface area contributed by atoms with E-state index in [9.17, 15) is 9.59 Å². The number of nitrogens with zero attached hydrogens (tertiary/aromatic N) is 2. The van der Waals surface area contributed by atoms with E-state index in [1.54, 1.807) is 12.1 Å². The highest BCUT2D eigenvalue weighted by Crippen LogP contribution is 2.18. The first-order valence-electron chi connectivity index (χ1n) is 5.01. The molecule has 0 spiro atoms. The Hall–Kier alpha value is -1.69. The number of aryl methyl sites for hydroxylation is 1. The van der Waals surface area contributed by atoms with Crippen molar-refractivity contribution in [2.75, 3.05) is 0 Å². The summed E-state index contributed by atoms with van der Waals surface area (Å²) in [7, 11) is 0. The van der Waals surface area contributed by atoms with E-state index in [1.165, 1.54) is 10.9 Å². The van der Waals surface area contributed by atoms with Crippen molar-refractivity contribution in [2.24, 2.45) is 5.73 Å². The molecule has 0 aliphatic heterocycles. The second-order valence-electron chi connectivity index (χ2n) is 3.60. The number of rotatable bonds is 3. The Morgan fingerprint density at radius 3 is 2.94 bits per heavy atom. The Morgan fingerprint density at radius 2 is 2.24 bits per heavy atom. The first-order valence-corrected chi connectivity index (χ1v) is 5.81. The molecule has 1 amide bonds. The van der Waals surface area contributed by atoms with Crippen LogP contribution in [0.4, 0.5) is 0 Å². The SMILES string of the molecule is NC(=O)CCn1cnc2c(Br)cccc2c1=O. The van der Waals surface area contributed by atoms with Crippen molar-refractivity contribution >= 4 is 32.7 Å². The lowest BCUT2D eigenvalue weighted by atomic mass is 10.2. The predicted molar refractivity (Wildman–Crippen MR) is 67.5 cm³/mol. The van der Waals surface area contributed by atoms with Crippen LogP contribution in [0.5, 0.6) is 0 Å². The van der Waals surface area contributed by atoms with Crippen molar-refractivity contribution in [1.29, 1.82) is 0 Å². The zero-order valence-corrected chi connectivity index (χ0v) is 10.5. The van der Waals surface area contributed by atoms with Gasteiger partial charge in [-0.2, -0.15) is 0 Å². The van der Waals surface area contributed by atoms with Crippen molar-refractivity contribution in [3.05, 3.63) is 39.4 Å². The van der Waals surface area contributed by atoms with Crippen LogP contribution in [0.1, 0.15) is 6.42 Å². The van der Waals surface area contributed by atoms with Gasteiger partial charge in [0, 0.05) is 17.4 Å². The summed E-state index contributed by atoms with van der Waals surface area (Å²) in [6.45, 7) is 0.254. The van der Waals surface area contributed by atoms with Gasteiger partial charge in [-0.05, 0) is 28.1 Å². The molecular weight excluding hydrogens is 286 g/mol. The van der Waals surface area contributed by atoms with E-state index in [0.29, 0.717) is 10.9 Å². The summed E-state index contributed by atoms with van der Waals surface area (Å²) in [4.78, 5) is 26.9. The minimum atomic E-state index is -0.439. The Balaban J connectivity index is 2.51. The van der Waals surface area contributed by atoms with Gasteiger partial charge in [0.25, 0.3) is 5.56 Å². The van der Waals surface area contributed by atoms with Crippen molar-refractivity contribution in [1.82, 2.24) is 9.55 Å². The van der Waals surface area contributed by atoms with E-state index < -0.39 is 5.91 Å². The van der Waals surface area contributed by atoms with Crippen LogP contribution in [0, 0.1) is 0 Å². The molecular formula is C11H10BrN3O2. The van der Waals surface area contributed by atoms with Gasteiger partial charge in [0.15, 0.2) is 0 Å². The first kappa shape index (κ1) is 11.8. The minimum absolute atomic E-state index is 0.126. The van der Waals surface area contributed by atoms with Crippen LogP contribution in [0.15, 0.2) is 33.8 Å². The largest absolute Gasteiger partial charge is 0.370 e. The van der Waals surface area contributed by atoms with Crippen molar-refractivity contribution in [2.45, 2.75) is 13.0 Å². The number of nitrogens with two attached hydrogens (primary N) is 1. The number of benzene rings is 1. The van der Waals surface area contributed by atoms with Crippen molar-refractivity contribution < 1.29 is 4.79 Å². The monoisotopic (exact) mass is 295 g/mol. The van der Waals surface area contributed by atoms with Crippen LogP contribution in [-0.4, -0.2) is 15.5 Å². The highest BCUT2D eigenvalue weighted by Gasteiger charge is 2.06. The molecule has 1 aromatic carbocycles. The van der Waals surface area contributed by atoms with E-state index in [2.05, 4.69) is 20.9 Å². The summed E-state index contributed by atoms with van der Waals surface area (Å²) >= 11 is 3.33. The highest BCUT2D eigenvalue weighted by molar-refractivity contribution is 9.10. The fourth-order valence-electron chi connectivity index (χ4n) is 1.54. The maximum atomic E-state index is 12.0. The first-order chi connectivity index (χ1) is 8.09. The van der Waals surface area contributed by atoms with Crippen molar-refractivity contribution in [3.63, 3.8) is 0 Å². The van der Waals surface area contributed by atoms with Gasteiger partial charge >= 0.3 is 0 Å². The number of primary amides is 1. The standard InChI is InChI=1S/C11H10BrN3O2/c12-8-3-1-2-7-10(8)14-6-15(11(7)17)5-4-9(13)16/h1-3,6H,4-5H2,(H2,13,16). The lowest BCUT2D eigenvalue weighted by Gasteiger charge is -2.05. The van der Waals surface area contributed by atoms with Crippen LogP contribution < -0.4 is 11.3 Å². The van der Waals surface area contributed by atoms with Crippen LogP contribution in [-0.2, 0) is 11.3 Å². The molecule has 1 aromatic heterocycles. The molecule has 0 saturated heterocycles. The average Bonchev–Trinajstić information content (AvgIpc) is 2.29. The lowest BCUT2D eigenvalue weighted by Crippen LogP contribution is -2.23. The molecule has 0 radical (unpaired) electrons. The normalized spacial score (nSPS) is 10.6. The third-order valence-electron chi connectivity index (χ3n) is 2.40. The molecule has 2 aromatic rings. The summed E-state index contributed by atoms with van der Waals surface area (Å²) in [5.74, 6) is -0.439. The Labute approximate surface area is 105 Å². The second-order valence-corrected chi connectivity index (χ2v) is 4.45. The maximum absolute atomic E-state index is 12.0. The van der Waals surface area contributed by atoms with Gasteiger partial charge in [0.1, 0.15) is 0 Å². The molecule has 6 heteroatoms. The summed E-state index contributed by atoms with van der Waals surface area (Å²) < 4.78 is 2.16. The molecule has 88 valence electrons. The smallest absolute Gasteiger partial charge is 0.261 e. The summed E-state index contributed by atoms with van der Waals surface area (Å²) in [6, 6.07) is 5.30. The molecule has 0 unspecified atom stereocenters. The Bertz CT molecular complexity index is 636. The Kier molecular flexibility index (Phi) is 3.23. The van der Waals surface area contributed by atoms with Crippen LogP contribution >= 0.6 is 15.9 Å². The van der Waals surface area contributed by atoms with Gasteiger partial charge in [-0.1, -0.05) is 6.07 Å². The number of hydrogen-bond donors (Lipinski definition) is 1. The fourth-order valence-corrected chi connectivity index (χ4v) is 2.01. The number of fused-ring (bicyclic) bond motifs is 1. The molecule has 2 rings (SSSR count). The number of amides is 1. The summed E-state index contributed by atoms with van der Waals surface area (Å²) in [6.07, 6.45) is 1.56. The van der Waals surface area contributed by atoms with Crippen molar-refractivity contribution in [3.8, 4) is 0 Å². The van der Waals surface area contributed by atoms with Crippen LogP contribution in [0.3, 0.4) is 0 Å². The molecule has 5 nitrogen and oxygen atoms in total. The van der Waals surface area contributed by atoms with Crippen LogP contribution in [0.25, 0.3) is 10.9 Å². The van der Waals surface area contributed by atoms with Gasteiger partial charge in [0.2, 0.25) is 5.91 Å². The molecule has 1 heterocycles. The van der Waals surface area contributed by atoms with E-state index in [1.807, 2.05) is 6.07 Å². The Morgan fingerprint density at radius 1 is 1.47 bits per heavy atom. The second kappa shape index (κ2) is 4.67. The van der Waals surface area contributed by atoms with Gasteiger partial charge in [-0.25, -0.2) is 4.98 Å². The molecule has 0 saturated carbocycles. The number of carbonyl (C=O) groups excluding carboxylic acids is 1. The predicted octanol–water partition coefficient (Wildman–Crippen LogP) is 1.03. The van der Waals surface area contributed by atoms with Gasteiger partial charge < -0.3 is 5.73 Å². The molecule has 2 N–H and O–H groups in total. The number of aromatic nitrogens is 2. The third kappa shape index (κ3) is 2.36. The highest BCUT2D eigenvalue weighted by atomic mass is 79.9. The fraction of sp³-hybridized carbons (Fsp3) is 0.182. The minimum Gasteiger partial charge on any atom is -0.370 e. The lowest BCUT2D eigenvalue weighted by molar-refractivity contribution is -0.118.